The van der Waals surface area contributed by atoms with Crippen LogP contribution in [-0.4, -0.2) is 71.2 Å². The number of aromatic amines is 1. The molecule has 0 saturated carbocycles. The van der Waals surface area contributed by atoms with Crippen molar-refractivity contribution in [2.45, 2.75) is 19.7 Å². The van der Waals surface area contributed by atoms with Crippen molar-refractivity contribution in [3.63, 3.8) is 0 Å². The molecule has 0 fully saturated rings. The van der Waals surface area contributed by atoms with Crippen LogP contribution in [0.4, 0.5) is 0 Å². The Bertz CT molecular complexity index is 1170. The average Bonchev–Trinajstić information content (AvgIpc) is 3.36. The number of rotatable bonds is 7. The van der Waals surface area contributed by atoms with Crippen molar-refractivity contribution >= 4 is 22.7 Å². The lowest BCUT2D eigenvalue weighted by atomic mass is 10.1. The van der Waals surface area contributed by atoms with Crippen LogP contribution in [0.25, 0.3) is 10.9 Å². The second kappa shape index (κ2) is 8.97. The van der Waals surface area contributed by atoms with Crippen molar-refractivity contribution in [3.05, 3.63) is 58.3 Å². The first-order valence-electron chi connectivity index (χ1n) is 10.4. The average molecular weight is 438 g/mol. The SMILES string of the molecule is COCc1[nH]nc2cc(O)c(C(=O)N3Cc4ccc(C(=O)NCCN(C)C)cc4C3)cc12. The van der Waals surface area contributed by atoms with Gasteiger partial charge in [0.05, 0.1) is 23.4 Å². The number of phenols is 1. The molecular formula is C23H27N5O4. The maximum atomic E-state index is 13.2. The van der Waals surface area contributed by atoms with E-state index in [1.807, 2.05) is 31.1 Å². The molecule has 2 aromatic carbocycles. The van der Waals surface area contributed by atoms with Crippen molar-refractivity contribution in [2.24, 2.45) is 0 Å². The van der Waals surface area contributed by atoms with Crippen LogP contribution >= 0.6 is 0 Å². The Kier molecular flexibility index (Phi) is 6.11. The Hall–Kier alpha value is -3.43. The summed E-state index contributed by atoms with van der Waals surface area (Å²) in [5, 5.41) is 21.1. The van der Waals surface area contributed by atoms with Crippen molar-refractivity contribution < 1.29 is 19.4 Å². The number of carbonyl (C=O) groups excluding carboxylic acids is 2. The van der Waals surface area contributed by atoms with Crippen LogP contribution in [-0.2, 0) is 24.4 Å². The zero-order chi connectivity index (χ0) is 22.8. The van der Waals surface area contributed by atoms with E-state index in [1.165, 1.54) is 6.07 Å². The quantitative estimate of drug-likeness (QED) is 0.520. The highest BCUT2D eigenvalue weighted by Crippen LogP contribution is 2.31. The number of fused-ring (bicyclic) bond motifs is 2. The minimum absolute atomic E-state index is 0.116. The minimum Gasteiger partial charge on any atom is -0.507 e. The number of phenolic OH excluding ortho intramolecular Hbond substituents is 1. The predicted molar refractivity (Wildman–Crippen MR) is 119 cm³/mol. The van der Waals surface area contributed by atoms with Crippen LogP contribution in [0.2, 0.25) is 0 Å². The molecule has 3 N–H and O–H groups in total. The van der Waals surface area contributed by atoms with Gasteiger partial charge in [0.2, 0.25) is 0 Å². The molecule has 168 valence electrons. The number of likely N-dealkylation sites (N-methyl/N-ethyl adjacent to an activating group) is 1. The summed E-state index contributed by atoms with van der Waals surface area (Å²) in [6, 6.07) is 8.64. The van der Waals surface area contributed by atoms with Crippen molar-refractivity contribution in [1.82, 2.24) is 25.3 Å². The largest absolute Gasteiger partial charge is 0.507 e. The van der Waals surface area contributed by atoms with Crippen LogP contribution in [0.15, 0.2) is 30.3 Å². The van der Waals surface area contributed by atoms with Crippen LogP contribution in [0, 0.1) is 0 Å². The van der Waals surface area contributed by atoms with Crippen LogP contribution < -0.4 is 5.32 Å². The lowest BCUT2D eigenvalue weighted by Gasteiger charge is -2.16. The van der Waals surface area contributed by atoms with Gasteiger partial charge >= 0.3 is 0 Å². The third-order valence-electron chi connectivity index (χ3n) is 5.59. The number of hydrogen-bond donors (Lipinski definition) is 3. The number of aromatic nitrogens is 2. The normalized spacial score (nSPS) is 13.1. The van der Waals surface area contributed by atoms with Gasteiger partial charge in [0.25, 0.3) is 11.8 Å². The van der Waals surface area contributed by atoms with Gasteiger partial charge in [-0.3, -0.25) is 14.7 Å². The molecule has 0 bridgehead atoms. The topological polar surface area (TPSA) is 111 Å². The number of aromatic hydroxyl groups is 1. The van der Waals surface area contributed by atoms with Gasteiger partial charge < -0.3 is 25.0 Å². The van der Waals surface area contributed by atoms with Crippen LogP contribution in [0.3, 0.4) is 0 Å². The standard InChI is InChI=1S/C23H27N5O4/c1-27(2)7-6-24-22(30)14-4-5-15-11-28(12-16(15)8-14)23(31)18-9-17-19(10-21(18)29)25-26-20(17)13-32-3/h4-5,8-10,29H,6-7,11-13H2,1-3H3,(H,24,30)(H,25,26). The molecule has 9 nitrogen and oxygen atoms in total. The Morgan fingerprint density at radius 3 is 2.75 bits per heavy atom. The van der Waals surface area contributed by atoms with Gasteiger partial charge in [-0.2, -0.15) is 5.10 Å². The van der Waals surface area contributed by atoms with E-state index >= 15 is 0 Å². The second-order valence-electron chi connectivity index (χ2n) is 8.23. The fourth-order valence-corrected chi connectivity index (χ4v) is 3.87. The molecule has 9 heteroatoms. The summed E-state index contributed by atoms with van der Waals surface area (Å²) in [4.78, 5) is 29.3. The molecule has 0 spiro atoms. The molecule has 1 aromatic heterocycles. The fraction of sp³-hybridized carbons (Fsp3) is 0.348. The molecule has 0 aliphatic carbocycles. The first-order chi connectivity index (χ1) is 15.4. The second-order valence-corrected chi connectivity index (χ2v) is 8.23. The Labute approximate surface area is 186 Å². The zero-order valence-corrected chi connectivity index (χ0v) is 18.4. The van der Waals surface area contributed by atoms with E-state index in [9.17, 15) is 14.7 Å². The number of H-pyrrole nitrogens is 1. The van der Waals surface area contributed by atoms with Crippen LogP contribution in [0.1, 0.15) is 37.5 Å². The number of benzene rings is 2. The molecule has 0 unspecified atom stereocenters. The summed E-state index contributed by atoms with van der Waals surface area (Å²) in [5.74, 6) is -0.523. The van der Waals surface area contributed by atoms with E-state index in [0.29, 0.717) is 37.3 Å². The lowest BCUT2D eigenvalue weighted by molar-refractivity contribution is 0.0748. The number of methoxy groups -OCH3 is 1. The van der Waals surface area contributed by atoms with Gasteiger partial charge in [0.1, 0.15) is 5.75 Å². The molecule has 1 aliphatic rings. The molecule has 3 aromatic rings. The molecule has 2 amide bonds. The van der Waals surface area contributed by atoms with Gasteiger partial charge in [0, 0.05) is 50.3 Å². The number of ether oxygens (including phenoxy) is 1. The molecule has 32 heavy (non-hydrogen) atoms. The number of carbonyl (C=O) groups is 2. The van der Waals surface area contributed by atoms with Crippen LogP contribution in [0.5, 0.6) is 5.75 Å². The Balaban J connectivity index is 1.51. The maximum Gasteiger partial charge on any atom is 0.258 e. The van der Waals surface area contributed by atoms with E-state index in [0.717, 1.165) is 28.8 Å². The first-order valence-corrected chi connectivity index (χ1v) is 10.4. The van der Waals surface area contributed by atoms with Gasteiger partial charge in [-0.25, -0.2) is 0 Å². The minimum atomic E-state index is -0.276. The summed E-state index contributed by atoms with van der Waals surface area (Å²) in [6.07, 6.45) is 0. The van der Waals surface area contributed by atoms with Gasteiger partial charge in [-0.05, 0) is 43.4 Å². The first kappa shape index (κ1) is 21.8. The summed E-state index contributed by atoms with van der Waals surface area (Å²) >= 11 is 0. The Morgan fingerprint density at radius 1 is 1.22 bits per heavy atom. The number of nitrogens with zero attached hydrogens (tertiary/aromatic N) is 3. The van der Waals surface area contributed by atoms with Gasteiger partial charge in [-0.1, -0.05) is 6.07 Å². The molecule has 1 aliphatic heterocycles. The zero-order valence-electron chi connectivity index (χ0n) is 18.4. The van der Waals surface area contributed by atoms with Crippen molar-refractivity contribution in [3.8, 4) is 5.75 Å². The lowest BCUT2D eigenvalue weighted by Crippen LogP contribution is -2.31. The highest BCUT2D eigenvalue weighted by Gasteiger charge is 2.27. The molecule has 0 saturated heterocycles. The third kappa shape index (κ3) is 4.30. The number of amides is 2. The summed E-state index contributed by atoms with van der Waals surface area (Å²) in [7, 11) is 5.48. The summed E-state index contributed by atoms with van der Waals surface area (Å²) in [5.41, 5.74) is 4.02. The smallest absolute Gasteiger partial charge is 0.258 e. The van der Waals surface area contributed by atoms with E-state index in [-0.39, 0.29) is 23.1 Å². The molecule has 0 radical (unpaired) electrons. The van der Waals surface area contributed by atoms with Gasteiger partial charge in [-0.15, -0.1) is 0 Å². The monoisotopic (exact) mass is 437 g/mol. The number of hydrogen-bond acceptors (Lipinski definition) is 6. The van der Waals surface area contributed by atoms with Crippen molar-refractivity contribution in [2.75, 3.05) is 34.3 Å². The number of nitrogens with one attached hydrogen (secondary N) is 2. The highest BCUT2D eigenvalue weighted by atomic mass is 16.5. The molecular weight excluding hydrogens is 410 g/mol. The van der Waals surface area contributed by atoms with Gasteiger partial charge in [0.15, 0.2) is 0 Å². The third-order valence-corrected chi connectivity index (χ3v) is 5.59. The maximum absolute atomic E-state index is 13.2. The van der Waals surface area contributed by atoms with E-state index in [2.05, 4.69) is 15.5 Å². The highest BCUT2D eigenvalue weighted by molar-refractivity contribution is 6.01. The summed E-state index contributed by atoms with van der Waals surface area (Å²) < 4.78 is 5.17. The molecule has 2 heterocycles. The molecule has 0 atom stereocenters. The van der Waals surface area contributed by atoms with Crippen molar-refractivity contribution in [1.29, 1.82) is 0 Å². The molecule has 4 rings (SSSR count). The predicted octanol–water partition coefficient (Wildman–Crippen LogP) is 1.86. The Morgan fingerprint density at radius 2 is 2.00 bits per heavy atom. The fourth-order valence-electron chi connectivity index (χ4n) is 3.87. The van der Waals surface area contributed by atoms with E-state index < -0.39 is 0 Å². The van der Waals surface area contributed by atoms with E-state index in [4.69, 9.17) is 4.74 Å². The summed E-state index contributed by atoms with van der Waals surface area (Å²) in [6.45, 7) is 2.44. The van der Waals surface area contributed by atoms with E-state index in [1.54, 1.807) is 24.1 Å².